The average Bonchev–Trinajstić information content (AvgIpc) is 2.98. The Hall–Kier alpha value is -0.910. The summed E-state index contributed by atoms with van der Waals surface area (Å²) in [5.41, 5.74) is -0.0741. The summed E-state index contributed by atoms with van der Waals surface area (Å²) in [6.45, 7) is 4.11. The second-order valence-corrected chi connectivity index (χ2v) is 5.73. The SMILES string of the molecule is CCNC1(CO)CCC(N(C)Cc2nccn2C)C1. The topological polar surface area (TPSA) is 53.3 Å². The molecule has 0 saturated heterocycles. The minimum atomic E-state index is -0.0741. The third kappa shape index (κ3) is 3.16. The first-order valence-corrected chi connectivity index (χ1v) is 7.12. The number of imidazole rings is 1. The molecular formula is C14H26N4O. The van der Waals surface area contributed by atoms with Crippen molar-refractivity contribution in [1.29, 1.82) is 0 Å². The molecule has 1 aromatic heterocycles. The molecule has 0 bridgehead atoms. The molecule has 1 fully saturated rings. The molecule has 2 atom stereocenters. The molecule has 2 rings (SSSR count). The Labute approximate surface area is 115 Å². The monoisotopic (exact) mass is 266 g/mol. The number of rotatable bonds is 6. The van der Waals surface area contributed by atoms with Crippen molar-refractivity contribution in [3.05, 3.63) is 18.2 Å². The largest absolute Gasteiger partial charge is 0.394 e. The van der Waals surface area contributed by atoms with Crippen molar-refractivity contribution in [2.75, 3.05) is 20.2 Å². The summed E-state index contributed by atoms with van der Waals surface area (Å²) in [5, 5.41) is 13.1. The van der Waals surface area contributed by atoms with E-state index < -0.39 is 0 Å². The van der Waals surface area contributed by atoms with Crippen LogP contribution in [0.2, 0.25) is 0 Å². The molecule has 5 nitrogen and oxygen atoms in total. The summed E-state index contributed by atoms with van der Waals surface area (Å²) in [7, 11) is 4.18. The number of aliphatic hydroxyl groups excluding tert-OH is 1. The predicted molar refractivity (Wildman–Crippen MR) is 75.8 cm³/mol. The molecule has 19 heavy (non-hydrogen) atoms. The Morgan fingerprint density at radius 2 is 2.42 bits per heavy atom. The lowest BCUT2D eigenvalue weighted by Crippen LogP contribution is -2.47. The molecule has 1 saturated carbocycles. The normalized spacial score (nSPS) is 27.3. The summed E-state index contributed by atoms with van der Waals surface area (Å²) >= 11 is 0. The van der Waals surface area contributed by atoms with Gasteiger partial charge in [-0.15, -0.1) is 0 Å². The van der Waals surface area contributed by atoms with Crippen molar-refractivity contribution in [2.45, 2.75) is 44.3 Å². The fraction of sp³-hybridized carbons (Fsp3) is 0.786. The van der Waals surface area contributed by atoms with Gasteiger partial charge >= 0.3 is 0 Å². The van der Waals surface area contributed by atoms with Gasteiger partial charge in [0.2, 0.25) is 0 Å². The van der Waals surface area contributed by atoms with E-state index in [0.29, 0.717) is 6.04 Å². The maximum absolute atomic E-state index is 9.65. The van der Waals surface area contributed by atoms with Crippen LogP contribution in [0.5, 0.6) is 0 Å². The molecule has 0 aromatic carbocycles. The van der Waals surface area contributed by atoms with Crippen LogP contribution in [0.3, 0.4) is 0 Å². The van der Waals surface area contributed by atoms with Gasteiger partial charge in [0.15, 0.2) is 0 Å². The summed E-state index contributed by atoms with van der Waals surface area (Å²) in [6.07, 6.45) is 7.02. The Bertz CT molecular complexity index is 406. The lowest BCUT2D eigenvalue weighted by molar-refractivity contribution is 0.149. The summed E-state index contributed by atoms with van der Waals surface area (Å²) in [4.78, 5) is 6.73. The van der Waals surface area contributed by atoms with Crippen molar-refractivity contribution in [1.82, 2.24) is 19.8 Å². The third-order valence-corrected chi connectivity index (χ3v) is 4.37. The molecule has 1 aromatic rings. The van der Waals surface area contributed by atoms with Gasteiger partial charge in [0.1, 0.15) is 5.82 Å². The maximum Gasteiger partial charge on any atom is 0.122 e. The van der Waals surface area contributed by atoms with E-state index >= 15 is 0 Å². The molecule has 2 N–H and O–H groups in total. The van der Waals surface area contributed by atoms with E-state index in [2.05, 4.69) is 33.7 Å². The highest BCUT2D eigenvalue weighted by molar-refractivity contribution is 5.00. The van der Waals surface area contributed by atoms with Gasteiger partial charge in [-0.2, -0.15) is 0 Å². The van der Waals surface area contributed by atoms with E-state index in [4.69, 9.17) is 0 Å². The summed E-state index contributed by atoms with van der Waals surface area (Å²) in [5.74, 6) is 1.09. The lowest BCUT2D eigenvalue weighted by Gasteiger charge is -2.30. The number of likely N-dealkylation sites (N-methyl/N-ethyl adjacent to an activating group) is 1. The number of hydrogen-bond acceptors (Lipinski definition) is 4. The van der Waals surface area contributed by atoms with Crippen LogP contribution in [0, 0.1) is 0 Å². The van der Waals surface area contributed by atoms with Crippen LogP contribution >= 0.6 is 0 Å². The molecule has 5 heteroatoms. The zero-order valence-corrected chi connectivity index (χ0v) is 12.3. The van der Waals surface area contributed by atoms with Gasteiger partial charge in [0.25, 0.3) is 0 Å². The number of nitrogens with zero attached hydrogens (tertiary/aromatic N) is 3. The molecular weight excluding hydrogens is 240 g/mol. The van der Waals surface area contributed by atoms with Gasteiger partial charge in [0, 0.05) is 31.0 Å². The van der Waals surface area contributed by atoms with Crippen LogP contribution in [0.15, 0.2) is 12.4 Å². The zero-order valence-electron chi connectivity index (χ0n) is 12.3. The van der Waals surface area contributed by atoms with Crippen LogP contribution in [-0.4, -0.2) is 51.3 Å². The van der Waals surface area contributed by atoms with E-state index in [1.807, 2.05) is 19.4 Å². The number of aryl methyl sites for hydroxylation is 1. The first kappa shape index (κ1) is 14.5. The van der Waals surface area contributed by atoms with Crippen LogP contribution in [-0.2, 0) is 13.6 Å². The van der Waals surface area contributed by atoms with Crippen LogP contribution < -0.4 is 5.32 Å². The smallest absolute Gasteiger partial charge is 0.122 e. The first-order valence-electron chi connectivity index (χ1n) is 7.12. The number of hydrogen-bond donors (Lipinski definition) is 2. The van der Waals surface area contributed by atoms with E-state index in [0.717, 1.165) is 38.2 Å². The molecule has 0 radical (unpaired) electrons. The molecule has 0 aliphatic heterocycles. The molecule has 0 amide bonds. The van der Waals surface area contributed by atoms with E-state index in [-0.39, 0.29) is 12.1 Å². The van der Waals surface area contributed by atoms with Crippen molar-refractivity contribution in [2.24, 2.45) is 7.05 Å². The highest BCUT2D eigenvalue weighted by Crippen LogP contribution is 2.32. The quantitative estimate of drug-likeness (QED) is 0.797. The number of aromatic nitrogens is 2. The number of aliphatic hydroxyl groups is 1. The summed E-state index contributed by atoms with van der Waals surface area (Å²) in [6, 6.07) is 0.517. The van der Waals surface area contributed by atoms with E-state index in [1.165, 1.54) is 0 Å². The Morgan fingerprint density at radius 1 is 1.63 bits per heavy atom. The lowest BCUT2D eigenvalue weighted by atomic mass is 9.98. The maximum atomic E-state index is 9.65. The highest BCUT2D eigenvalue weighted by Gasteiger charge is 2.39. The Kier molecular flexibility index (Phi) is 4.60. The first-order chi connectivity index (χ1) is 9.10. The standard InChI is InChI=1S/C14H26N4O/c1-4-16-14(11-19)6-5-12(9-14)18(3)10-13-15-7-8-17(13)2/h7-8,12,16,19H,4-6,9-11H2,1-3H3. The molecule has 108 valence electrons. The van der Waals surface area contributed by atoms with Crippen LogP contribution in [0.4, 0.5) is 0 Å². The van der Waals surface area contributed by atoms with Gasteiger partial charge in [0.05, 0.1) is 13.2 Å². The van der Waals surface area contributed by atoms with Crippen molar-refractivity contribution in [3.63, 3.8) is 0 Å². The fourth-order valence-electron chi connectivity index (χ4n) is 3.11. The van der Waals surface area contributed by atoms with Crippen molar-refractivity contribution >= 4 is 0 Å². The second-order valence-electron chi connectivity index (χ2n) is 5.73. The van der Waals surface area contributed by atoms with Gasteiger partial charge < -0.3 is 15.0 Å². The highest BCUT2D eigenvalue weighted by atomic mass is 16.3. The van der Waals surface area contributed by atoms with Crippen LogP contribution in [0.1, 0.15) is 32.0 Å². The zero-order chi connectivity index (χ0) is 13.9. The molecule has 1 aliphatic rings. The minimum absolute atomic E-state index is 0.0741. The van der Waals surface area contributed by atoms with Crippen molar-refractivity contribution in [3.8, 4) is 0 Å². The average molecular weight is 266 g/mol. The molecule has 2 unspecified atom stereocenters. The van der Waals surface area contributed by atoms with Gasteiger partial charge in [-0.05, 0) is 32.9 Å². The van der Waals surface area contributed by atoms with Gasteiger partial charge in [-0.25, -0.2) is 4.98 Å². The van der Waals surface area contributed by atoms with Crippen LogP contribution in [0.25, 0.3) is 0 Å². The predicted octanol–water partition coefficient (Wildman–Crippen LogP) is 0.745. The van der Waals surface area contributed by atoms with Crippen molar-refractivity contribution < 1.29 is 5.11 Å². The molecule has 0 spiro atoms. The summed E-state index contributed by atoms with van der Waals surface area (Å²) < 4.78 is 2.06. The Morgan fingerprint density at radius 3 is 3.00 bits per heavy atom. The van der Waals surface area contributed by atoms with Gasteiger partial charge in [-0.3, -0.25) is 4.90 Å². The minimum Gasteiger partial charge on any atom is -0.394 e. The Balaban J connectivity index is 1.94. The third-order valence-electron chi connectivity index (χ3n) is 4.37. The number of nitrogens with one attached hydrogen (secondary N) is 1. The second kappa shape index (κ2) is 6.03. The van der Waals surface area contributed by atoms with Gasteiger partial charge in [-0.1, -0.05) is 6.92 Å². The van der Waals surface area contributed by atoms with E-state index in [1.54, 1.807) is 0 Å². The molecule has 1 aliphatic carbocycles. The fourth-order valence-corrected chi connectivity index (χ4v) is 3.11. The molecule has 1 heterocycles. The van der Waals surface area contributed by atoms with E-state index in [9.17, 15) is 5.11 Å².